The van der Waals surface area contributed by atoms with Gasteiger partial charge < -0.3 is 11.3 Å². The van der Waals surface area contributed by atoms with E-state index in [2.05, 4.69) is 0 Å². The number of aliphatic hydroxyl groups is 1. The van der Waals surface area contributed by atoms with E-state index in [1.54, 1.807) is 12.1 Å². The smallest absolute Gasteiger partial charge is 0.272 e. The Kier molecular flexibility index (Phi) is 5.51. The molecule has 0 unspecified atom stereocenters. The second-order valence-electron chi connectivity index (χ2n) is 3.05. The Balaban J connectivity index is 0.00000196. The van der Waals surface area contributed by atoms with Gasteiger partial charge in [0.25, 0.3) is 5.69 Å². The van der Waals surface area contributed by atoms with Crippen LogP contribution in [0.25, 0.3) is 0 Å². The summed E-state index contributed by atoms with van der Waals surface area (Å²) in [6.45, 7) is 1.89. The summed E-state index contributed by atoms with van der Waals surface area (Å²) in [6.07, 6.45) is 1.11. The van der Waals surface area contributed by atoms with Crippen LogP contribution in [0.1, 0.15) is 18.1 Å². The lowest BCUT2D eigenvalue weighted by atomic mass is 10.1. The second kappa shape index (κ2) is 6.10. The fourth-order valence-corrected chi connectivity index (χ4v) is 1.33. The molecular weight excluding hydrogens is 196 g/mol. The van der Waals surface area contributed by atoms with E-state index in [1.807, 2.05) is 13.0 Å². The van der Waals surface area contributed by atoms with Crippen molar-refractivity contribution in [3.05, 3.63) is 39.4 Å². The molecule has 0 bridgehead atoms. The Morgan fingerprint density at radius 2 is 2.13 bits per heavy atom. The normalized spacial score (nSPS) is 9.47. The second-order valence-corrected chi connectivity index (χ2v) is 3.05. The van der Waals surface area contributed by atoms with Crippen LogP contribution in [0.4, 0.5) is 5.69 Å². The van der Waals surface area contributed by atoms with Crippen molar-refractivity contribution in [2.24, 2.45) is 0 Å². The summed E-state index contributed by atoms with van der Waals surface area (Å²) in [5.41, 5.74) is 1.64. The predicted octanol–water partition coefficient (Wildman–Crippen LogP) is 1.85. The highest BCUT2D eigenvalue weighted by molar-refractivity contribution is 5.43. The summed E-state index contributed by atoms with van der Waals surface area (Å²) < 4.78 is 0. The minimum Gasteiger partial charge on any atom is -0.396 e. The Morgan fingerprint density at radius 1 is 1.47 bits per heavy atom. The van der Waals surface area contributed by atoms with Gasteiger partial charge in [0.05, 0.1) is 4.92 Å². The number of nitro benzene ring substituents is 1. The Morgan fingerprint density at radius 3 is 2.60 bits per heavy atom. The number of nitro groups is 1. The summed E-state index contributed by atoms with van der Waals surface area (Å²) in [5, 5.41) is 19.4. The molecule has 0 aliphatic rings. The van der Waals surface area contributed by atoms with Gasteiger partial charge in [-0.3, -0.25) is 10.1 Å². The fourth-order valence-electron chi connectivity index (χ4n) is 1.33. The van der Waals surface area contributed by atoms with E-state index in [4.69, 9.17) is 5.11 Å². The van der Waals surface area contributed by atoms with Crippen LogP contribution >= 0.6 is 0 Å². The van der Waals surface area contributed by atoms with Gasteiger partial charge in [0.15, 0.2) is 0 Å². The van der Waals surface area contributed by atoms with Crippen molar-refractivity contribution < 1.29 is 10.0 Å². The highest BCUT2D eigenvalue weighted by atomic mass is 16.6. The summed E-state index contributed by atoms with van der Waals surface area (Å²) in [5.74, 6) is 0. The molecule has 0 amide bonds. The van der Waals surface area contributed by atoms with Crippen molar-refractivity contribution >= 4 is 5.69 Å². The number of aliphatic hydroxyl groups excluding tert-OH is 1. The Bertz CT molecular complexity index is 339. The zero-order valence-electron chi connectivity index (χ0n) is 8.77. The van der Waals surface area contributed by atoms with Crippen molar-refractivity contribution in [2.75, 3.05) is 6.61 Å². The lowest BCUT2D eigenvalue weighted by Crippen LogP contribution is -1.99. The molecule has 1 aromatic rings. The first kappa shape index (κ1) is 13.5. The first-order valence-electron chi connectivity index (χ1n) is 4.56. The maximum atomic E-state index is 10.7. The van der Waals surface area contributed by atoms with Crippen LogP contribution in [0, 0.1) is 10.1 Å². The summed E-state index contributed by atoms with van der Waals surface area (Å²) >= 11 is 0. The molecule has 0 saturated carbocycles. The zero-order valence-corrected chi connectivity index (χ0v) is 8.77. The quantitative estimate of drug-likeness (QED) is 0.587. The summed E-state index contributed by atoms with van der Waals surface area (Å²) in [7, 11) is 0. The molecule has 0 aliphatic heterocycles. The van der Waals surface area contributed by atoms with Crippen LogP contribution in [-0.2, 0) is 12.8 Å². The topological polar surface area (TPSA) is 98.4 Å². The monoisotopic (exact) mass is 212 g/mol. The minimum absolute atomic E-state index is 0. The third-order valence-electron chi connectivity index (χ3n) is 2.14. The van der Waals surface area contributed by atoms with Crippen LogP contribution in [0.5, 0.6) is 0 Å². The zero-order chi connectivity index (χ0) is 10.6. The molecular formula is C10H16N2O3. The Labute approximate surface area is 88.5 Å². The number of nitrogens with zero attached hydrogens (tertiary/aromatic N) is 1. The summed E-state index contributed by atoms with van der Waals surface area (Å²) in [6, 6.07) is 5.15. The molecule has 84 valence electrons. The maximum absolute atomic E-state index is 10.7. The molecule has 0 spiro atoms. The van der Waals surface area contributed by atoms with Crippen LogP contribution in [0.15, 0.2) is 18.2 Å². The third-order valence-corrected chi connectivity index (χ3v) is 2.14. The van der Waals surface area contributed by atoms with Crippen molar-refractivity contribution in [1.29, 1.82) is 0 Å². The van der Waals surface area contributed by atoms with Crippen molar-refractivity contribution in [3.8, 4) is 0 Å². The van der Waals surface area contributed by atoms with Crippen molar-refractivity contribution in [1.82, 2.24) is 6.15 Å². The highest BCUT2D eigenvalue weighted by Crippen LogP contribution is 2.20. The molecule has 4 N–H and O–H groups in total. The number of rotatable bonds is 4. The molecule has 0 radical (unpaired) electrons. The molecule has 15 heavy (non-hydrogen) atoms. The van der Waals surface area contributed by atoms with Crippen LogP contribution < -0.4 is 6.15 Å². The van der Waals surface area contributed by atoms with E-state index >= 15 is 0 Å². The Hall–Kier alpha value is -1.46. The third kappa shape index (κ3) is 3.30. The molecule has 0 saturated heterocycles. The van der Waals surface area contributed by atoms with E-state index in [-0.39, 0.29) is 18.4 Å². The first-order valence-corrected chi connectivity index (χ1v) is 4.56. The number of hydrogen-bond donors (Lipinski definition) is 2. The molecule has 0 fully saturated rings. The number of benzene rings is 1. The van der Waals surface area contributed by atoms with E-state index in [1.165, 1.54) is 0 Å². The van der Waals surface area contributed by atoms with Crippen molar-refractivity contribution in [2.45, 2.75) is 19.8 Å². The summed E-state index contributed by atoms with van der Waals surface area (Å²) in [4.78, 5) is 10.3. The molecule has 1 rings (SSSR count). The number of hydrogen-bond acceptors (Lipinski definition) is 4. The first-order chi connectivity index (χ1) is 6.69. The van der Waals surface area contributed by atoms with Crippen molar-refractivity contribution in [3.63, 3.8) is 0 Å². The van der Waals surface area contributed by atoms with Gasteiger partial charge in [-0.25, -0.2) is 0 Å². The minimum atomic E-state index is -0.399. The lowest BCUT2D eigenvalue weighted by Gasteiger charge is -2.02. The van der Waals surface area contributed by atoms with Gasteiger partial charge in [-0.2, -0.15) is 0 Å². The SMILES string of the molecule is CCc1ccc(CCO)c([N+](=O)[O-])c1.N. The van der Waals surface area contributed by atoms with Crippen LogP contribution in [0.2, 0.25) is 0 Å². The van der Waals surface area contributed by atoms with Gasteiger partial charge in [0.2, 0.25) is 0 Å². The standard InChI is InChI=1S/C10H13NO3.H3N/c1-2-8-3-4-9(5-6-12)10(7-8)11(13)14;/h3-4,7,12H,2,5-6H2,1H3;1H3. The van der Waals surface area contributed by atoms with Crippen LogP contribution in [-0.4, -0.2) is 16.6 Å². The van der Waals surface area contributed by atoms with E-state index < -0.39 is 4.92 Å². The molecule has 5 heteroatoms. The average Bonchev–Trinajstić information content (AvgIpc) is 2.18. The average molecular weight is 212 g/mol. The lowest BCUT2D eigenvalue weighted by molar-refractivity contribution is -0.385. The number of aryl methyl sites for hydroxylation is 1. The fraction of sp³-hybridized carbons (Fsp3) is 0.400. The molecule has 5 nitrogen and oxygen atoms in total. The van der Waals surface area contributed by atoms with E-state index in [0.717, 1.165) is 12.0 Å². The molecule has 0 aromatic heterocycles. The van der Waals surface area contributed by atoms with Gasteiger partial charge in [-0.15, -0.1) is 0 Å². The van der Waals surface area contributed by atoms with Gasteiger partial charge in [0.1, 0.15) is 0 Å². The molecule has 1 aromatic carbocycles. The van der Waals surface area contributed by atoms with Crippen LogP contribution in [0.3, 0.4) is 0 Å². The van der Waals surface area contributed by atoms with E-state index in [0.29, 0.717) is 12.0 Å². The van der Waals surface area contributed by atoms with E-state index in [9.17, 15) is 10.1 Å². The maximum Gasteiger partial charge on any atom is 0.272 e. The van der Waals surface area contributed by atoms with Gasteiger partial charge in [-0.05, 0) is 12.0 Å². The highest BCUT2D eigenvalue weighted by Gasteiger charge is 2.13. The predicted molar refractivity (Wildman–Crippen MR) is 58.3 cm³/mol. The molecule has 0 aliphatic carbocycles. The van der Waals surface area contributed by atoms with Gasteiger partial charge in [0, 0.05) is 24.7 Å². The van der Waals surface area contributed by atoms with Gasteiger partial charge >= 0.3 is 0 Å². The largest absolute Gasteiger partial charge is 0.396 e. The molecule has 0 atom stereocenters. The molecule has 0 heterocycles. The van der Waals surface area contributed by atoms with Gasteiger partial charge in [-0.1, -0.05) is 19.1 Å².